The maximum Gasteiger partial charge on any atom is 0.271 e. The maximum absolute atomic E-state index is 12.8. The minimum absolute atomic E-state index is 0.0246. The van der Waals surface area contributed by atoms with Gasteiger partial charge in [-0.1, -0.05) is 29.8 Å². The van der Waals surface area contributed by atoms with Gasteiger partial charge in [0, 0.05) is 17.2 Å². The van der Waals surface area contributed by atoms with Crippen LogP contribution in [0.3, 0.4) is 0 Å². The highest BCUT2D eigenvalue weighted by atomic mass is 35.5. The number of methoxy groups -OCH3 is 1. The van der Waals surface area contributed by atoms with Crippen LogP contribution in [0.2, 0.25) is 5.02 Å². The van der Waals surface area contributed by atoms with Crippen LogP contribution >= 0.6 is 11.6 Å². The Bertz CT molecular complexity index is 1330. The second kappa shape index (κ2) is 10.4. The molecule has 0 aliphatic rings. The van der Waals surface area contributed by atoms with Crippen LogP contribution in [0.5, 0.6) is 17.2 Å². The number of nitro groups is 1. The smallest absolute Gasteiger partial charge is 0.271 e. The molecule has 0 heterocycles. The Balaban J connectivity index is 1.87. The lowest BCUT2D eigenvalue weighted by Gasteiger charge is -2.22. The molecule has 0 saturated heterocycles. The number of ether oxygens (including phenoxy) is 2. The van der Waals surface area contributed by atoms with Crippen molar-refractivity contribution in [2.75, 3.05) is 29.5 Å². The highest BCUT2D eigenvalue weighted by molar-refractivity contribution is 7.92. The van der Waals surface area contributed by atoms with E-state index in [1.165, 1.54) is 31.4 Å². The van der Waals surface area contributed by atoms with Crippen molar-refractivity contribution < 1.29 is 27.6 Å². The topological polar surface area (TPSA) is 128 Å². The number of nitro benzene ring substituents is 1. The standard InChI is InChI=1S/C22H20ClN3O7S/c1-32-20-8-3-4-9-21(20)33-19-11-10-15(23)12-18(19)24-22(27)14-25(34(2,30)31)16-6-5-7-17(13-16)26(28)29/h3-13H,14H2,1-2H3,(H,24,27). The Morgan fingerprint density at radius 2 is 1.76 bits per heavy atom. The van der Waals surface area contributed by atoms with E-state index in [-0.39, 0.29) is 22.8 Å². The van der Waals surface area contributed by atoms with E-state index >= 15 is 0 Å². The summed E-state index contributed by atoms with van der Waals surface area (Å²) in [5.74, 6) is 0.369. The maximum atomic E-state index is 12.8. The molecule has 0 aliphatic carbocycles. The van der Waals surface area contributed by atoms with Crippen molar-refractivity contribution in [3.05, 3.63) is 81.9 Å². The lowest BCUT2D eigenvalue weighted by molar-refractivity contribution is -0.384. The number of anilines is 2. The number of nitrogens with zero attached hydrogens (tertiary/aromatic N) is 2. The van der Waals surface area contributed by atoms with Crippen molar-refractivity contribution >= 4 is 44.6 Å². The van der Waals surface area contributed by atoms with Gasteiger partial charge in [0.2, 0.25) is 15.9 Å². The van der Waals surface area contributed by atoms with Crippen LogP contribution in [0.25, 0.3) is 0 Å². The second-order valence-electron chi connectivity index (χ2n) is 6.99. The predicted octanol–water partition coefficient (Wildman–Crippen LogP) is 4.45. The number of carbonyl (C=O) groups excluding carboxylic acids is 1. The molecule has 12 heteroatoms. The van der Waals surface area contributed by atoms with E-state index in [0.29, 0.717) is 16.5 Å². The summed E-state index contributed by atoms with van der Waals surface area (Å²) in [6, 6.07) is 16.4. The molecular formula is C22H20ClN3O7S. The Hall–Kier alpha value is -3.83. The summed E-state index contributed by atoms with van der Waals surface area (Å²) in [4.78, 5) is 23.2. The van der Waals surface area contributed by atoms with Gasteiger partial charge < -0.3 is 14.8 Å². The largest absolute Gasteiger partial charge is 0.493 e. The Morgan fingerprint density at radius 1 is 1.06 bits per heavy atom. The first-order chi connectivity index (χ1) is 16.1. The van der Waals surface area contributed by atoms with Gasteiger partial charge in [-0.2, -0.15) is 0 Å². The van der Waals surface area contributed by atoms with Gasteiger partial charge in [-0.3, -0.25) is 19.2 Å². The molecule has 0 aromatic heterocycles. The Morgan fingerprint density at radius 3 is 2.41 bits per heavy atom. The predicted molar refractivity (Wildman–Crippen MR) is 128 cm³/mol. The van der Waals surface area contributed by atoms with Gasteiger partial charge in [0.25, 0.3) is 5.69 Å². The van der Waals surface area contributed by atoms with Gasteiger partial charge in [-0.15, -0.1) is 0 Å². The fourth-order valence-electron chi connectivity index (χ4n) is 2.99. The Labute approximate surface area is 200 Å². The highest BCUT2D eigenvalue weighted by Gasteiger charge is 2.23. The molecular weight excluding hydrogens is 486 g/mol. The average molecular weight is 506 g/mol. The Kier molecular flexibility index (Phi) is 7.59. The first kappa shape index (κ1) is 24.8. The first-order valence-corrected chi connectivity index (χ1v) is 11.9. The third kappa shape index (κ3) is 6.15. The zero-order valence-electron chi connectivity index (χ0n) is 18.1. The number of hydrogen-bond donors (Lipinski definition) is 1. The average Bonchev–Trinajstić information content (AvgIpc) is 2.79. The van der Waals surface area contributed by atoms with E-state index in [0.717, 1.165) is 16.6 Å². The molecule has 10 nitrogen and oxygen atoms in total. The molecule has 0 aliphatic heterocycles. The minimum Gasteiger partial charge on any atom is -0.493 e. The number of amides is 1. The molecule has 3 aromatic rings. The molecule has 3 aromatic carbocycles. The molecule has 0 bridgehead atoms. The van der Waals surface area contributed by atoms with Crippen molar-refractivity contribution in [1.82, 2.24) is 0 Å². The van der Waals surface area contributed by atoms with Gasteiger partial charge >= 0.3 is 0 Å². The number of nitrogens with one attached hydrogen (secondary N) is 1. The molecule has 34 heavy (non-hydrogen) atoms. The van der Waals surface area contributed by atoms with Crippen LogP contribution in [-0.4, -0.2) is 39.2 Å². The van der Waals surface area contributed by atoms with Crippen molar-refractivity contribution in [3.63, 3.8) is 0 Å². The zero-order valence-corrected chi connectivity index (χ0v) is 19.7. The molecule has 0 radical (unpaired) electrons. The summed E-state index contributed by atoms with van der Waals surface area (Å²) in [6.45, 7) is -0.638. The van der Waals surface area contributed by atoms with Gasteiger partial charge in [0.1, 0.15) is 6.54 Å². The van der Waals surface area contributed by atoms with E-state index < -0.39 is 27.4 Å². The van der Waals surface area contributed by atoms with E-state index in [9.17, 15) is 23.3 Å². The summed E-state index contributed by atoms with van der Waals surface area (Å²) in [5.41, 5.74) is -0.145. The van der Waals surface area contributed by atoms with Gasteiger partial charge in [0.15, 0.2) is 17.2 Å². The second-order valence-corrected chi connectivity index (χ2v) is 9.33. The summed E-state index contributed by atoms with van der Waals surface area (Å²) < 4.78 is 36.6. The van der Waals surface area contributed by atoms with E-state index in [2.05, 4.69) is 5.32 Å². The molecule has 178 valence electrons. The normalized spacial score (nSPS) is 10.9. The molecule has 0 fully saturated rings. The number of para-hydroxylation sites is 2. The number of sulfonamides is 1. The monoisotopic (exact) mass is 505 g/mol. The third-order valence-electron chi connectivity index (χ3n) is 4.52. The van der Waals surface area contributed by atoms with Gasteiger partial charge in [-0.25, -0.2) is 8.42 Å². The SMILES string of the molecule is COc1ccccc1Oc1ccc(Cl)cc1NC(=O)CN(c1cccc([N+](=O)[O-])c1)S(C)(=O)=O. The van der Waals surface area contributed by atoms with Crippen molar-refractivity contribution in [3.8, 4) is 17.2 Å². The number of halogens is 1. The third-order valence-corrected chi connectivity index (χ3v) is 5.90. The van der Waals surface area contributed by atoms with Crippen molar-refractivity contribution in [2.45, 2.75) is 0 Å². The molecule has 0 spiro atoms. The summed E-state index contributed by atoms with van der Waals surface area (Å²) in [5, 5.41) is 14.0. The van der Waals surface area contributed by atoms with Gasteiger partial charge in [0.05, 0.1) is 29.7 Å². The molecule has 0 atom stereocenters. The van der Waals surface area contributed by atoms with Crippen LogP contribution in [0.15, 0.2) is 66.7 Å². The first-order valence-electron chi connectivity index (χ1n) is 9.71. The van der Waals surface area contributed by atoms with Crippen LogP contribution < -0.4 is 19.1 Å². The highest BCUT2D eigenvalue weighted by Crippen LogP contribution is 2.36. The summed E-state index contributed by atoms with van der Waals surface area (Å²) in [6.07, 6.45) is 0.898. The van der Waals surface area contributed by atoms with Crippen LogP contribution in [0, 0.1) is 10.1 Å². The van der Waals surface area contributed by atoms with Crippen molar-refractivity contribution in [2.24, 2.45) is 0 Å². The molecule has 1 amide bonds. The van der Waals surface area contributed by atoms with Crippen LogP contribution in [-0.2, 0) is 14.8 Å². The lowest BCUT2D eigenvalue weighted by atomic mass is 10.2. The van der Waals surface area contributed by atoms with E-state index in [4.69, 9.17) is 21.1 Å². The molecule has 0 unspecified atom stereocenters. The van der Waals surface area contributed by atoms with Crippen molar-refractivity contribution in [1.29, 1.82) is 0 Å². The fourth-order valence-corrected chi connectivity index (χ4v) is 4.01. The number of non-ortho nitro benzene ring substituents is 1. The zero-order chi connectivity index (χ0) is 24.9. The summed E-state index contributed by atoms with van der Waals surface area (Å²) in [7, 11) is -2.46. The number of rotatable bonds is 9. The molecule has 0 saturated carbocycles. The van der Waals surface area contributed by atoms with Crippen LogP contribution in [0.1, 0.15) is 0 Å². The van der Waals surface area contributed by atoms with Gasteiger partial charge in [-0.05, 0) is 36.4 Å². The number of hydrogen-bond acceptors (Lipinski definition) is 7. The molecule has 1 N–H and O–H groups in total. The quantitative estimate of drug-likeness (QED) is 0.336. The molecule has 3 rings (SSSR count). The van der Waals surface area contributed by atoms with Crippen LogP contribution in [0.4, 0.5) is 17.1 Å². The fraction of sp³-hybridized carbons (Fsp3) is 0.136. The number of benzene rings is 3. The number of carbonyl (C=O) groups is 1. The van der Waals surface area contributed by atoms with E-state index in [1.807, 2.05) is 0 Å². The van der Waals surface area contributed by atoms with E-state index in [1.54, 1.807) is 36.4 Å². The minimum atomic E-state index is -3.95. The summed E-state index contributed by atoms with van der Waals surface area (Å²) >= 11 is 6.08. The lowest BCUT2D eigenvalue weighted by Crippen LogP contribution is -2.37.